The topological polar surface area (TPSA) is 89.9 Å². The summed E-state index contributed by atoms with van der Waals surface area (Å²) in [6.45, 7) is 1.31. The smallest absolute Gasteiger partial charge is 0.280 e. The lowest BCUT2D eigenvalue weighted by Gasteiger charge is -2.16. The molecule has 1 saturated heterocycles. The minimum atomic E-state index is 0.0929. The van der Waals surface area contributed by atoms with Crippen LogP contribution in [0.15, 0.2) is 35.0 Å². The monoisotopic (exact) mass is 398 g/mol. The molecule has 0 N–H and O–H groups in total. The zero-order valence-electron chi connectivity index (χ0n) is 15.2. The second-order valence-corrected chi connectivity index (χ2v) is 7.84. The molecule has 0 radical (unpaired) electrons. The van der Waals surface area contributed by atoms with Gasteiger partial charge >= 0.3 is 0 Å². The van der Waals surface area contributed by atoms with Gasteiger partial charge in [0.2, 0.25) is 5.91 Å². The molecule has 1 amide bonds. The number of likely N-dealkylation sites (tertiary alicyclic amines) is 1. The van der Waals surface area contributed by atoms with Crippen molar-refractivity contribution in [1.82, 2.24) is 30.0 Å². The van der Waals surface area contributed by atoms with E-state index in [1.807, 2.05) is 29.3 Å². The van der Waals surface area contributed by atoms with Crippen molar-refractivity contribution < 1.29 is 9.32 Å². The van der Waals surface area contributed by atoms with Gasteiger partial charge in [-0.3, -0.25) is 4.79 Å². The van der Waals surface area contributed by atoms with E-state index < -0.39 is 0 Å². The van der Waals surface area contributed by atoms with Crippen LogP contribution in [0.4, 0.5) is 0 Å². The highest BCUT2D eigenvalue weighted by molar-refractivity contribution is 6.30. The molecule has 3 heterocycles. The number of rotatable bonds is 5. The predicted octanol–water partition coefficient (Wildman–Crippen LogP) is 2.88. The Hall–Kier alpha value is -2.74. The molecule has 0 spiro atoms. The van der Waals surface area contributed by atoms with Crippen molar-refractivity contribution in [1.29, 1.82) is 0 Å². The fraction of sp³-hybridized carbons (Fsp3) is 0.421. The largest absolute Gasteiger partial charge is 0.340 e. The molecule has 8 nitrogen and oxygen atoms in total. The second-order valence-electron chi connectivity index (χ2n) is 7.40. The summed E-state index contributed by atoms with van der Waals surface area (Å²) in [4.78, 5) is 18.9. The molecule has 2 aliphatic rings. The molecule has 2 fully saturated rings. The molecule has 5 rings (SSSR count). The Morgan fingerprint density at radius 2 is 2.18 bits per heavy atom. The third-order valence-electron chi connectivity index (χ3n) is 5.25. The van der Waals surface area contributed by atoms with E-state index in [1.165, 1.54) is 0 Å². The highest BCUT2D eigenvalue weighted by Gasteiger charge is 2.31. The molecule has 144 valence electrons. The summed E-state index contributed by atoms with van der Waals surface area (Å²) < 4.78 is 7.11. The van der Waals surface area contributed by atoms with Gasteiger partial charge in [0, 0.05) is 24.0 Å². The maximum absolute atomic E-state index is 12.6. The fourth-order valence-electron chi connectivity index (χ4n) is 3.52. The maximum atomic E-state index is 12.6. The first kappa shape index (κ1) is 17.4. The maximum Gasteiger partial charge on any atom is 0.280 e. The van der Waals surface area contributed by atoms with Crippen molar-refractivity contribution in [3.8, 4) is 11.6 Å². The Bertz CT molecular complexity index is 1010. The Kier molecular flexibility index (Phi) is 4.35. The average Bonchev–Trinajstić information content (AvgIpc) is 3.12. The van der Waals surface area contributed by atoms with Gasteiger partial charge in [-0.05, 0) is 37.0 Å². The van der Waals surface area contributed by atoms with Gasteiger partial charge in [0.05, 0.1) is 18.7 Å². The van der Waals surface area contributed by atoms with Crippen LogP contribution in [0, 0.1) is 0 Å². The van der Waals surface area contributed by atoms with Crippen molar-refractivity contribution in [2.75, 3.05) is 13.1 Å². The number of halogens is 1. The summed E-state index contributed by atoms with van der Waals surface area (Å²) >= 11 is 6.01. The summed E-state index contributed by atoms with van der Waals surface area (Å²) in [6, 6.07) is 7.51. The minimum absolute atomic E-state index is 0.0929. The molecule has 0 unspecified atom stereocenters. The van der Waals surface area contributed by atoms with Gasteiger partial charge in [-0.25, -0.2) is 4.68 Å². The molecule has 9 heteroatoms. The van der Waals surface area contributed by atoms with Crippen LogP contribution >= 0.6 is 11.6 Å². The van der Waals surface area contributed by atoms with Crippen molar-refractivity contribution in [2.45, 2.75) is 37.6 Å². The van der Waals surface area contributed by atoms with E-state index in [2.05, 4.69) is 20.5 Å². The first-order valence-corrected chi connectivity index (χ1v) is 9.81. The molecule has 1 aliphatic carbocycles. The number of amides is 1. The SMILES string of the molecule is O=C(Cc1cccc(Cl)c1)N1CC[C@H](n2cc(-c3nc(C4CC4)no3)nn2)C1. The van der Waals surface area contributed by atoms with Crippen LogP contribution < -0.4 is 0 Å². The fourth-order valence-corrected chi connectivity index (χ4v) is 3.73. The standard InChI is InChI=1S/C19H19ClN6O2/c20-14-3-1-2-12(8-14)9-17(27)25-7-6-15(10-25)26-11-16(22-24-26)19-21-18(23-28-19)13-4-5-13/h1-3,8,11,13,15H,4-7,9-10H2/t15-/m0/s1. The summed E-state index contributed by atoms with van der Waals surface area (Å²) in [5.41, 5.74) is 1.50. The number of benzene rings is 1. The van der Waals surface area contributed by atoms with E-state index in [9.17, 15) is 4.79 Å². The molecule has 3 aromatic rings. The summed E-state index contributed by atoms with van der Waals surface area (Å²) in [7, 11) is 0. The van der Waals surface area contributed by atoms with Crippen LogP contribution in [0.5, 0.6) is 0 Å². The zero-order chi connectivity index (χ0) is 19.1. The van der Waals surface area contributed by atoms with E-state index in [4.69, 9.17) is 16.1 Å². The number of hydrogen-bond acceptors (Lipinski definition) is 6. The van der Waals surface area contributed by atoms with E-state index in [1.54, 1.807) is 10.7 Å². The first-order valence-electron chi connectivity index (χ1n) is 9.44. The Labute approximate surface area is 166 Å². The molecule has 28 heavy (non-hydrogen) atoms. The summed E-state index contributed by atoms with van der Waals surface area (Å²) in [6.07, 6.45) is 5.24. The molecule has 1 aliphatic heterocycles. The highest BCUT2D eigenvalue weighted by Crippen LogP contribution is 2.38. The van der Waals surface area contributed by atoms with E-state index in [-0.39, 0.29) is 11.9 Å². The Morgan fingerprint density at radius 1 is 1.29 bits per heavy atom. The van der Waals surface area contributed by atoms with E-state index >= 15 is 0 Å². The van der Waals surface area contributed by atoms with Crippen LogP contribution in [0.2, 0.25) is 5.02 Å². The minimum Gasteiger partial charge on any atom is -0.340 e. The van der Waals surface area contributed by atoms with Crippen LogP contribution in [-0.4, -0.2) is 49.0 Å². The number of aromatic nitrogens is 5. The van der Waals surface area contributed by atoms with Gasteiger partial charge in [0.15, 0.2) is 11.5 Å². The average molecular weight is 399 g/mol. The van der Waals surface area contributed by atoms with Gasteiger partial charge < -0.3 is 9.42 Å². The number of carbonyl (C=O) groups is 1. The van der Waals surface area contributed by atoms with Crippen LogP contribution in [-0.2, 0) is 11.2 Å². The third kappa shape index (κ3) is 3.52. The Morgan fingerprint density at radius 3 is 3.00 bits per heavy atom. The predicted molar refractivity (Wildman–Crippen MR) is 101 cm³/mol. The number of carbonyl (C=O) groups excluding carboxylic acids is 1. The molecule has 0 bridgehead atoms. The normalized spacial score (nSPS) is 19.3. The van der Waals surface area contributed by atoms with Crippen LogP contribution in [0.3, 0.4) is 0 Å². The van der Waals surface area contributed by atoms with E-state index in [0.29, 0.717) is 42.0 Å². The number of hydrogen-bond donors (Lipinski definition) is 0. The van der Waals surface area contributed by atoms with E-state index in [0.717, 1.165) is 30.7 Å². The third-order valence-corrected chi connectivity index (χ3v) is 5.48. The van der Waals surface area contributed by atoms with Crippen molar-refractivity contribution in [2.24, 2.45) is 0 Å². The molecule has 1 saturated carbocycles. The van der Waals surface area contributed by atoms with Gasteiger partial charge in [0.1, 0.15) is 0 Å². The molecule has 1 atom stereocenters. The molecular formula is C19H19ClN6O2. The molecular weight excluding hydrogens is 380 g/mol. The highest BCUT2D eigenvalue weighted by atomic mass is 35.5. The lowest BCUT2D eigenvalue weighted by atomic mass is 10.1. The lowest BCUT2D eigenvalue weighted by Crippen LogP contribution is -2.30. The number of nitrogens with zero attached hydrogens (tertiary/aromatic N) is 6. The summed E-state index contributed by atoms with van der Waals surface area (Å²) in [5.74, 6) is 1.68. The second kappa shape index (κ2) is 7.01. The van der Waals surface area contributed by atoms with Gasteiger partial charge in [-0.15, -0.1) is 5.10 Å². The molecule has 1 aromatic carbocycles. The van der Waals surface area contributed by atoms with Crippen molar-refractivity contribution >= 4 is 17.5 Å². The van der Waals surface area contributed by atoms with Gasteiger partial charge in [0.25, 0.3) is 5.89 Å². The lowest BCUT2D eigenvalue weighted by molar-refractivity contribution is -0.129. The van der Waals surface area contributed by atoms with Crippen LogP contribution in [0.25, 0.3) is 11.6 Å². The Balaban J connectivity index is 1.23. The van der Waals surface area contributed by atoms with Gasteiger partial charge in [-0.1, -0.05) is 34.1 Å². The van der Waals surface area contributed by atoms with Crippen molar-refractivity contribution in [3.05, 3.63) is 46.9 Å². The molecule has 2 aromatic heterocycles. The zero-order valence-corrected chi connectivity index (χ0v) is 15.9. The van der Waals surface area contributed by atoms with Gasteiger partial charge in [-0.2, -0.15) is 4.98 Å². The van der Waals surface area contributed by atoms with Crippen LogP contribution in [0.1, 0.15) is 42.6 Å². The first-order chi connectivity index (χ1) is 13.7. The van der Waals surface area contributed by atoms with Crippen molar-refractivity contribution in [3.63, 3.8) is 0 Å². The quantitative estimate of drug-likeness (QED) is 0.656. The summed E-state index contributed by atoms with van der Waals surface area (Å²) in [5, 5.41) is 13.0.